The molecule has 6 heteroatoms. The maximum atomic E-state index is 13.3. The number of imidazole rings is 1. The van der Waals surface area contributed by atoms with Crippen molar-refractivity contribution in [3.63, 3.8) is 0 Å². The Morgan fingerprint density at radius 2 is 1.90 bits per heavy atom. The lowest BCUT2D eigenvalue weighted by Crippen LogP contribution is -2.33. The smallest absolute Gasteiger partial charge is 0.243 e. The van der Waals surface area contributed by atoms with Crippen LogP contribution in [-0.2, 0) is 17.9 Å². The number of carbonyl (C=O) groups is 1. The summed E-state index contributed by atoms with van der Waals surface area (Å²) in [7, 11) is 0. The van der Waals surface area contributed by atoms with Gasteiger partial charge in [0.15, 0.2) is 0 Å². The van der Waals surface area contributed by atoms with Crippen LogP contribution in [0.3, 0.4) is 0 Å². The van der Waals surface area contributed by atoms with Crippen LogP contribution in [0.25, 0.3) is 11.0 Å². The standard InChI is InChI=1S/C24H23N3O2S/c28-24(26-14-6-12-21(26)22-13-7-15-30-22)16-27-20-11-5-4-10-19(20)25-23(27)17-29-18-8-2-1-3-9-18/h1-5,7-11,13,15,21H,6,12,14,16-17H2. The van der Waals surface area contributed by atoms with Crippen LogP contribution in [0.4, 0.5) is 0 Å². The molecule has 0 bridgehead atoms. The van der Waals surface area contributed by atoms with Crippen molar-refractivity contribution in [2.24, 2.45) is 0 Å². The average molecular weight is 418 g/mol. The van der Waals surface area contributed by atoms with Gasteiger partial charge in [0.25, 0.3) is 0 Å². The molecule has 1 saturated heterocycles. The van der Waals surface area contributed by atoms with Gasteiger partial charge in [-0.2, -0.15) is 0 Å². The van der Waals surface area contributed by atoms with E-state index in [2.05, 4.69) is 17.5 Å². The monoisotopic (exact) mass is 417 g/mol. The number of aromatic nitrogens is 2. The lowest BCUT2D eigenvalue weighted by Gasteiger charge is -2.24. The molecule has 0 N–H and O–H groups in total. The zero-order valence-corrected chi connectivity index (χ0v) is 17.4. The second kappa shape index (κ2) is 8.32. The molecule has 0 spiro atoms. The minimum absolute atomic E-state index is 0.134. The number of likely N-dealkylation sites (tertiary alicyclic amines) is 1. The van der Waals surface area contributed by atoms with E-state index < -0.39 is 0 Å². The van der Waals surface area contributed by atoms with Crippen LogP contribution in [0, 0.1) is 0 Å². The maximum Gasteiger partial charge on any atom is 0.243 e. The van der Waals surface area contributed by atoms with Gasteiger partial charge in [0, 0.05) is 11.4 Å². The van der Waals surface area contributed by atoms with Gasteiger partial charge in [-0.3, -0.25) is 4.79 Å². The van der Waals surface area contributed by atoms with E-state index in [1.54, 1.807) is 11.3 Å². The molecule has 1 amide bonds. The highest BCUT2D eigenvalue weighted by Gasteiger charge is 2.31. The molecule has 1 aliphatic rings. The van der Waals surface area contributed by atoms with Crippen LogP contribution in [0.2, 0.25) is 0 Å². The van der Waals surface area contributed by atoms with Crippen molar-refractivity contribution in [1.29, 1.82) is 0 Å². The quantitative estimate of drug-likeness (QED) is 0.442. The molecule has 5 nitrogen and oxygen atoms in total. The van der Waals surface area contributed by atoms with Crippen molar-refractivity contribution < 1.29 is 9.53 Å². The Labute approximate surface area is 179 Å². The molecule has 1 unspecified atom stereocenters. The zero-order chi connectivity index (χ0) is 20.3. The summed E-state index contributed by atoms with van der Waals surface area (Å²) in [5.41, 5.74) is 1.84. The van der Waals surface area contributed by atoms with Crippen molar-refractivity contribution in [2.75, 3.05) is 6.54 Å². The molecule has 1 fully saturated rings. The number of benzene rings is 2. The molecule has 2 aromatic heterocycles. The van der Waals surface area contributed by atoms with Crippen LogP contribution >= 0.6 is 11.3 Å². The average Bonchev–Trinajstić information content (AvgIpc) is 3.53. The van der Waals surface area contributed by atoms with E-state index in [4.69, 9.17) is 9.72 Å². The Hall–Kier alpha value is -3.12. The highest BCUT2D eigenvalue weighted by Crippen LogP contribution is 2.34. The van der Waals surface area contributed by atoms with Crippen LogP contribution < -0.4 is 4.74 Å². The molecule has 0 radical (unpaired) electrons. The zero-order valence-electron chi connectivity index (χ0n) is 16.6. The summed E-state index contributed by atoms with van der Waals surface area (Å²) < 4.78 is 7.95. The Morgan fingerprint density at radius 3 is 2.73 bits per heavy atom. The summed E-state index contributed by atoms with van der Waals surface area (Å²) in [5.74, 6) is 1.69. The number of para-hydroxylation sites is 3. The third-order valence-corrected chi connectivity index (χ3v) is 6.56. The highest BCUT2D eigenvalue weighted by atomic mass is 32.1. The predicted molar refractivity (Wildman–Crippen MR) is 119 cm³/mol. The lowest BCUT2D eigenvalue weighted by atomic mass is 10.2. The molecule has 30 heavy (non-hydrogen) atoms. The highest BCUT2D eigenvalue weighted by molar-refractivity contribution is 7.10. The summed E-state index contributed by atoms with van der Waals surface area (Å²) in [4.78, 5) is 21.4. The Bertz CT molecular complexity index is 1140. The Morgan fingerprint density at radius 1 is 1.07 bits per heavy atom. The Kier molecular flexibility index (Phi) is 5.24. The largest absolute Gasteiger partial charge is 0.486 e. The molecular weight excluding hydrogens is 394 g/mol. The van der Waals surface area contributed by atoms with Gasteiger partial charge >= 0.3 is 0 Å². The van der Waals surface area contributed by atoms with Crippen molar-refractivity contribution >= 4 is 28.3 Å². The molecule has 0 saturated carbocycles. The fraction of sp³-hybridized carbons (Fsp3) is 0.250. The SMILES string of the molecule is O=C(Cn1c(COc2ccccc2)nc2ccccc21)N1CCCC1c1cccs1. The van der Waals surface area contributed by atoms with Crippen LogP contribution in [0.5, 0.6) is 5.75 Å². The number of carbonyl (C=O) groups excluding carboxylic acids is 1. The molecule has 3 heterocycles. The summed E-state index contributed by atoms with van der Waals surface area (Å²) in [6.07, 6.45) is 2.07. The van der Waals surface area contributed by atoms with Gasteiger partial charge in [0.05, 0.1) is 17.1 Å². The van der Waals surface area contributed by atoms with Gasteiger partial charge in [0.2, 0.25) is 5.91 Å². The van der Waals surface area contributed by atoms with Gasteiger partial charge in [0.1, 0.15) is 24.7 Å². The molecule has 0 aliphatic carbocycles. The van der Waals surface area contributed by atoms with Gasteiger partial charge in [-0.25, -0.2) is 4.98 Å². The number of thiophene rings is 1. The fourth-order valence-electron chi connectivity index (χ4n) is 4.14. The Balaban J connectivity index is 1.41. The van der Waals surface area contributed by atoms with E-state index in [9.17, 15) is 4.79 Å². The van der Waals surface area contributed by atoms with Gasteiger partial charge in [-0.05, 0) is 48.6 Å². The number of amides is 1. The normalized spacial score (nSPS) is 16.3. The summed E-state index contributed by atoms with van der Waals surface area (Å²) in [5, 5.41) is 2.08. The molecule has 2 aromatic carbocycles. The van der Waals surface area contributed by atoms with Crippen molar-refractivity contribution in [3.05, 3.63) is 82.8 Å². The lowest BCUT2D eigenvalue weighted by molar-refractivity contribution is -0.132. The van der Waals surface area contributed by atoms with Gasteiger partial charge in [-0.15, -0.1) is 11.3 Å². The van der Waals surface area contributed by atoms with Crippen molar-refractivity contribution in [2.45, 2.75) is 32.0 Å². The number of hydrogen-bond acceptors (Lipinski definition) is 4. The van der Waals surface area contributed by atoms with Crippen molar-refractivity contribution in [3.8, 4) is 5.75 Å². The summed E-state index contributed by atoms with van der Waals surface area (Å²) in [6, 6.07) is 22.0. The first-order chi connectivity index (χ1) is 14.8. The number of rotatable bonds is 6. The number of fused-ring (bicyclic) bond motifs is 1. The van der Waals surface area contributed by atoms with E-state index in [0.717, 1.165) is 42.0 Å². The van der Waals surface area contributed by atoms with E-state index >= 15 is 0 Å². The third kappa shape index (κ3) is 3.71. The first-order valence-corrected chi connectivity index (χ1v) is 11.1. The molecular formula is C24H23N3O2S. The van der Waals surface area contributed by atoms with Crippen LogP contribution in [0.15, 0.2) is 72.1 Å². The van der Waals surface area contributed by atoms with Gasteiger partial charge in [-0.1, -0.05) is 36.4 Å². The maximum absolute atomic E-state index is 13.3. The minimum Gasteiger partial charge on any atom is -0.486 e. The number of ether oxygens (including phenoxy) is 1. The van der Waals surface area contributed by atoms with Crippen LogP contribution in [-0.4, -0.2) is 26.9 Å². The number of nitrogens with zero attached hydrogens (tertiary/aromatic N) is 3. The molecule has 5 rings (SSSR count). The van der Waals surface area contributed by atoms with E-state index in [-0.39, 0.29) is 18.5 Å². The number of hydrogen-bond donors (Lipinski definition) is 0. The first kappa shape index (κ1) is 18.9. The predicted octanol–water partition coefficient (Wildman–Crippen LogP) is 5.04. The molecule has 1 atom stereocenters. The summed E-state index contributed by atoms with van der Waals surface area (Å²) in [6.45, 7) is 1.40. The second-order valence-electron chi connectivity index (χ2n) is 7.47. The van der Waals surface area contributed by atoms with E-state index in [0.29, 0.717) is 6.61 Å². The first-order valence-electron chi connectivity index (χ1n) is 10.2. The van der Waals surface area contributed by atoms with Crippen LogP contribution in [0.1, 0.15) is 29.6 Å². The second-order valence-corrected chi connectivity index (χ2v) is 8.44. The molecule has 152 valence electrons. The third-order valence-electron chi connectivity index (χ3n) is 5.58. The fourth-order valence-corrected chi connectivity index (χ4v) is 5.02. The van der Waals surface area contributed by atoms with E-state index in [1.165, 1.54) is 4.88 Å². The van der Waals surface area contributed by atoms with E-state index in [1.807, 2.05) is 64.1 Å². The minimum atomic E-state index is 0.134. The van der Waals surface area contributed by atoms with Crippen molar-refractivity contribution in [1.82, 2.24) is 14.5 Å². The topological polar surface area (TPSA) is 47.4 Å². The molecule has 4 aromatic rings. The molecule has 1 aliphatic heterocycles. The van der Waals surface area contributed by atoms with Gasteiger partial charge < -0.3 is 14.2 Å². The summed E-state index contributed by atoms with van der Waals surface area (Å²) >= 11 is 1.73.